The molecule has 1 atom stereocenters. The molecule has 0 heterocycles. The van der Waals surface area contributed by atoms with Gasteiger partial charge >= 0.3 is 11.9 Å². The lowest BCUT2D eigenvalue weighted by molar-refractivity contribution is -0.145. The molecule has 3 rings (SSSR count). The molecule has 0 unspecified atom stereocenters. The predicted molar refractivity (Wildman–Crippen MR) is 115 cm³/mol. The van der Waals surface area contributed by atoms with Crippen molar-refractivity contribution in [2.45, 2.75) is 19.1 Å². The van der Waals surface area contributed by atoms with Gasteiger partial charge in [0.25, 0.3) is 5.91 Å². The van der Waals surface area contributed by atoms with Crippen molar-refractivity contribution in [1.82, 2.24) is 5.32 Å². The van der Waals surface area contributed by atoms with E-state index in [1.807, 2.05) is 36.4 Å². The van der Waals surface area contributed by atoms with Crippen LogP contribution in [0.2, 0.25) is 0 Å². The Labute approximate surface area is 180 Å². The Morgan fingerprint density at radius 1 is 0.806 bits per heavy atom. The van der Waals surface area contributed by atoms with Gasteiger partial charge in [0.15, 0.2) is 0 Å². The van der Waals surface area contributed by atoms with Crippen molar-refractivity contribution in [2.75, 3.05) is 7.11 Å². The summed E-state index contributed by atoms with van der Waals surface area (Å²) in [6, 6.07) is 24.2. The third-order valence-electron chi connectivity index (χ3n) is 4.69. The highest BCUT2D eigenvalue weighted by Crippen LogP contribution is 2.19. The molecule has 3 aromatic rings. The van der Waals surface area contributed by atoms with E-state index in [1.54, 1.807) is 48.5 Å². The van der Waals surface area contributed by atoms with Crippen LogP contribution in [0.1, 0.15) is 44.3 Å². The molecule has 0 aliphatic heterocycles. The van der Waals surface area contributed by atoms with E-state index < -0.39 is 18.0 Å². The highest BCUT2D eigenvalue weighted by Gasteiger charge is 2.20. The molecule has 31 heavy (non-hydrogen) atoms. The number of esters is 2. The summed E-state index contributed by atoms with van der Waals surface area (Å²) < 4.78 is 10.1. The fourth-order valence-corrected chi connectivity index (χ4v) is 3.01. The third-order valence-corrected chi connectivity index (χ3v) is 4.69. The summed E-state index contributed by atoms with van der Waals surface area (Å²) in [5, 5.41) is 2.91. The maximum absolute atomic E-state index is 12.6. The second kappa shape index (κ2) is 10.7. The lowest BCUT2D eigenvalue weighted by Crippen LogP contribution is -2.30. The summed E-state index contributed by atoms with van der Waals surface area (Å²) in [7, 11) is 1.32. The minimum Gasteiger partial charge on any atom is -0.465 e. The topological polar surface area (TPSA) is 81.7 Å². The first-order chi connectivity index (χ1) is 15.1. The van der Waals surface area contributed by atoms with Crippen LogP contribution in [0.25, 0.3) is 0 Å². The van der Waals surface area contributed by atoms with Crippen molar-refractivity contribution in [2.24, 2.45) is 0 Å². The Hall–Kier alpha value is -3.93. The van der Waals surface area contributed by atoms with Crippen molar-refractivity contribution in [1.29, 1.82) is 0 Å². The highest BCUT2D eigenvalue weighted by atomic mass is 16.5. The minimum atomic E-state index is -0.525. The molecule has 1 amide bonds. The van der Waals surface area contributed by atoms with Gasteiger partial charge in [-0.2, -0.15) is 0 Å². The van der Waals surface area contributed by atoms with E-state index in [0.29, 0.717) is 11.1 Å². The van der Waals surface area contributed by atoms with Crippen molar-refractivity contribution in [3.05, 3.63) is 107 Å². The van der Waals surface area contributed by atoms with Crippen molar-refractivity contribution in [3.8, 4) is 0 Å². The number of rotatable bonds is 8. The SMILES string of the molecule is COC(=O)c1ccc(COC(=O)C[C@H](NC(=O)c2ccccc2)c2ccccc2)cc1. The van der Waals surface area contributed by atoms with Crippen LogP contribution in [0, 0.1) is 0 Å². The molecule has 0 aromatic heterocycles. The smallest absolute Gasteiger partial charge is 0.337 e. The predicted octanol–water partition coefficient (Wildman–Crippen LogP) is 4.08. The number of amides is 1. The third kappa shape index (κ3) is 6.27. The van der Waals surface area contributed by atoms with Crippen LogP contribution >= 0.6 is 0 Å². The molecule has 0 radical (unpaired) electrons. The molecule has 0 bridgehead atoms. The number of carbonyl (C=O) groups excluding carboxylic acids is 3. The van der Waals surface area contributed by atoms with Gasteiger partial charge in [-0.3, -0.25) is 9.59 Å². The monoisotopic (exact) mass is 417 g/mol. The normalized spacial score (nSPS) is 11.3. The summed E-state index contributed by atoms with van der Waals surface area (Å²) in [6.07, 6.45) is -0.0111. The highest BCUT2D eigenvalue weighted by molar-refractivity contribution is 5.94. The molecule has 0 spiro atoms. The number of benzene rings is 3. The fraction of sp³-hybridized carbons (Fsp3) is 0.160. The van der Waals surface area contributed by atoms with E-state index in [9.17, 15) is 14.4 Å². The van der Waals surface area contributed by atoms with Crippen molar-refractivity contribution in [3.63, 3.8) is 0 Å². The zero-order valence-corrected chi connectivity index (χ0v) is 17.1. The van der Waals surface area contributed by atoms with E-state index in [2.05, 4.69) is 10.1 Å². The number of ether oxygens (including phenoxy) is 2. The van der Waals surface area contributed by atoms with Crippen LogP contribution in [0.4, 0.5) is 0 Å². The molecule has 1 N–H and O–H groups in total. The molecule has 0 aliphatic rings. The maximum atomic E-state index is 12.6. The fourth-order valence-electron chi connectivity index (χ4n) is 3.01. The molecular formula is C25H23NO5. The second-order valence-electron chi connectivity index (χ2n) is 6.86. The maximum Gasteiger partial charge on any atom is 0.337 e. The summed E-state index contributed by atoms with van der Waals surface area (Å²) in [5.41, 5.74) is 2.49. The van der Waals surface area contributed by atoms with Crippen LogP contribution in [0.15, 0.2) is 84.9 Å². The number of hydrogen-bond acceptors (Lipinski definition) is 5. The Morgan fingerprint density at radius 3 is 2.03 bits per heavy atom. The van der Waals surface area contributed by atoms with Gasteiger partial charge < -0.3 is 14.8 Å². The van der Waals surface area contributed by atoms with E-state index in [-0.39, 0.29) is 18.9 Å². The molecule has 6 heteroatoms. The molecular weight excluding hydrogens is 394 g/mol. The van der Waals surface area contributed by atoms with Gasteiger partial charge in [0.1, 0.15) is 6.61 Å². The Bertz CT molecular complexity index is 1020. The lowest BCUT2D eigenvalue weighted by atomic mass is 10.0. The van der Waals surface area contributed by atoms with Gasteiger partial charge in [-0.05, 0) is 35.4 Å². The van der Waals surface area contributed by atoms with Crippen LogP contribution < -0.4 is 5.32 Å². The number of nitrogens with one attached hydrogen (secondary N) is 1. The van der Waals surface area contributed by atoms with E-state index in [0.717, 1.165) is 11.1 Å². The molecule has 6 nitrogen and oxygen atoms in total. The van der Waals surface area contributed by atoms with Gasteiger partial charge in [-0.1, -0.05) is 60.7 Å². The molecule has 3 aromatic carbocycles. The summed E-state index contributed by atoms with van der Waals surface area (Å²) in [6.45, 7) is 0.0639. The van der Waals surface area contributed by atoms with Crippen molar-refractivity contribution >= 4 is 17.8 Å². The van der Waals surface area contributed by atoms with E-state index in [1.165, 1.54) is 7.11 Å². The molecule has 0 saturated carbocycles. The molecule has 0 aliphatic carbocycles. The second-order valence-corrected chi connectivity index (χ2v) is 6.86. The van der Waals surface area contributed by atoms with E-state index in [4.69, 9.17) is 4.74 Å². The summed E-state index contributed by atoms with van der Waals surface area (Å²) >= 11 is 0. The Balaban J connectivity index is 1.63. The summed E-state index contributed by atoms with van der Waals surface area (Å²) in [5.74, 6) is -1.14. The Morgan fingerprint density at radius 2 is 1.42 bits per heavy atom. The van der Waals surface area contributed by atoms with Gasteiger partial charge in [-0.25, -0.2) is 4.79 Å². The summed E-state index contributed by atoms with van der Waals surface area (Å²) in [4.78, 5) is 36.6. The zero-order chi connectivity index (χ0) is 22.1. The van der Waals surface area contributed by atoms with Crippen LogP contribution in [-0.4, -0.2) is 25.0 Å². The minimum absolute atomic E-state index is 0.0111. The first-order valence-electron chi connectivity index (χ1n) is 9.80. The largest absolute Gasteiger partial charge is 0.465 e. The molecule has 0 fully saturated rings. The average molecular weight is 417 g/mol. The zero-order valence-electron chi connectivity index (χ0n) is 17.1. The molecule has 158 valence electrons. The quantitative estimate of drug-likeness (QED) is 0.559. The molecule has 0 saturated heterocycles. The van der Waals surface area contributed by atoms with Crippen LogP contribution in [-0.2, 0) is 20.9 Å². The first-order valence-corrected chi connectivity index (χ1v) is 9.80. The van der Waals surface area contributed by atoms with Crippen LogP contribution in [0.3, 0.4) is 0 Å². The van der Waals surface area contributed by atoms with E-state index >= 15 is 0 Å². The van der Waals surface area contributed by atoms with Gasteiger partial charge in [-0.15, -0.1) is 0 Å². The van der Waals surface area contributed by atoms with Gasteiger partial charge in [0.2, 0.25) is 0 Å². The first kappa shape index (κ1) is 21.8. The van der Waals surface area contributed by atoms with Gasteiger partial charge in [0, 0.05) is 5.56 Å². The van der Waals surface area contributed by atoms with Crippen molar-refractivity contribution < 1.29 is 23.9 Å². The lowest BCUT2D eigenvalue weighted by Gasteiger charge is -2.19. The number of methoxy groups -OCH3 is 1. The Kier molecular flexibility index (Phi) is 7.54. The standard InChI is InChI=1S/C25H23NO5/c1-30-25(29)21-14-12-18(13-15-21)17-31-23(27)16-22(19-8-4-2-5-9-19)26-24(28)20-10-6-3-7-11-20/h2-15,22H,16-17H2,1H3,(H,26,28)/t22-/m0/s1. The van der Waals surface area contributed by atoms with Crippen LogP contribution in [0.5, 0.6) is 0 Å². The van der Waals surface area contributed by atoms with Gasteiger partial charge in [0.05, 0.1) is 25.1 Å². The number of carbonyl (C=O) groups is 3. The average Bonchev–Trinajstić information content (AvgIpc) is 2.83. The number of hydrogen-bond donors (Lipinski definition) is 1.